The van der Waals surface area contributed by atoms with Crippen LogP contribution in [0.5, 0.6) is 5.75 Å². The molecule has 0 radical (unpaired) electrons. The summed E-state index contributed by atoms with van der Waals surface area (Å²) in [6.07, 6.45) is 1.80. The molecular formula is C31H30Cl3NO5. The third-order valence-electron chi connectivity index (χ3n) is 7.43. The molecule has 0 fully saturated rings. The summed E-state index contributed by atoms with van der Waals surface area (Å²) in [6.45, 7) is 7.82. The molecule has 0 unspecified atom stereocenters. The molecule has 1 N–H and O–H groups in total. The van der Waals surface area contributed by atoms with Gasteiger partial charge >= 0.3 is 0 Å². The number of anilines is 1. The molecule has 0 saturated carbocycles. The summed E-state index contributed by atoms with van der Waals surface area (Å²) >= 11 is 18.5. The van der Waals surface area contributed by atoms with Gasteiger partial charge in [-0.25, -0.2) is 0 Å². The van der Waals surface area contributed by atoms with Gasteiger partial charge in [-0.1, -0.05) is 62.5 Å². The van der Waals surface area contributed by atoms with E-state index in [0.29, 0.717) is 80.4 Å². The lowest BCUT2D eigenvalue weighted by Gasteiger charge is -2.43. The molecule has 9 heteroatoms. The molecule has 210 valence electrons. The van der Waals surface area contributed by atoms with E-state index in [0.717, 1.165) is 0 Å². The van der Waals surface area contributed by atoms with Crippen molar-refractivity contribution in [1.29, 1.82) is 0 Å². The first-order valence-corrected chi connectivity index (χ1v) is 14.2. The number of hydrogen-bond donors (Lipinski definition) is 1. The Morgan fingerprint density at radius 1 is 0.875 bits per heavy atom. The number of halogens is 3. The van der Waals surface area contributed by atoms with Crippen molar-refractivity contribution in [1.82, 2.24) is 0 Å². The Labute approximate surface area is 248 Å². The minimum atomic E-state index is -0.696. The van der Waals surface area contributed by atoms with E-state index < -0.39 is 11.8 Å². The second-order valence-corrected chi connectivity index (χ2v) is 13.5. The summed E-state index contributed by atoms with van der Waals surface area (Å²) in [6, 6.07) is 9.79. The van der Waals surface area contributed by atoms with Crippen LogP contribution in [0.15, 0.2) is 59.1 Å². The highest BCUT2D eigenvalue weighted by Gasteiger charge is 2.48. The molecule has 3 aliphatic rings. The number of ether oxygens (including phenoxy) is 2. The summed E-state index contributed by atoms with van der Waals surface area (Å²) in [5, 5.41) is 3.85. The van der Waals surface area contributed by atoms with Gasteiger partial charge in [-0.3, -0.25) is 14.4 Å². The molecule has 1 amide bonds. The smallest absolute Gasteiger partial charge is 0.262 e. The van der Waals surface area contributed by atoms with Crippen LogP contribution in [0.3, 0.4) is 0 Å². The van der Waals surface area contributed by atoms with Crippen molar-refractivity contribution in [3.63, 3.8) is 0 Å². The topological polar surface area (TPSA) is 81.7 Å². The molecule has 6 nitrogen and oxygen atoms in total. The summed E-state index contributed by atoms with van der Waals surface area (Å²) in [5.41, 5.74) is 1.42. The van der Waals surface area contributed by atoms with E-state index in [4.69, 9.17) is 44.3 Å². The lowest BCUT2D eigenvalue weighted by Crippen LogP contribution is -2.37. The van der Waals surface area contributed by atoms with E-state index in [2.05, 4.69) is 5.32 Å². The molecule has 40 heavy (non-hydrogen) atoms. The van der Waals surface area contributed by atoms with Crippen LogP contribution in [-0.2, 0) is 19.1 Å². The van der Waals surface area contributed by atoms with Crippen molar-refractivity contribution in [2.45, 2.75) is 59.3 Å². The molecule has 0 saturated heterocycles. The van der Waals surface area contributed by atoms with E-state index in [1.54, 1.807) is 36.4 Å². The molecule has 0 atom stereocenters. The van der Waals surface area contributed by atoms with Gasteiger partial charge in [0.15, 0.2) is 18.2 Å². The fourth-order valence-electron chi connectivity index (χ4n) is 5.78. The molecule has 2 aromatic rings. The van der Waals surface area contributed by atoms with Crippen molar-refractivity contribution >= 4 is 58.0 Å². The fourth-order valence-corrected chi connectivity index (χ4v) is 6.25. The zero-order valence-corrected chi connectivity index (χ0v) is 25.0. The maximum atomic E-state index is 13.6. The lowest BCUT2D eigenvalue weighted by atomic mass is 9.65. The monoisotopic (exact) mass is 601 g/mol. The minimum Gasteiger partial charge on any atom is -0.483 e. The normalized spacial score (nSPS) is 20.1. The Bertz CT molecular complexity index is 1450. The Balaban J connectivity index is 1.52. The quantitative estimate of drug-likeness (QED) is 0.374. The first-order chi connectivity index (χ1) is 18.7. The zero-order chi connectivity index (χ0) is 29.0. The van der Waals surface area contributed by atoms with Crippen molar-refractivity contribution in [2.24, 2.45) is 10.8 Å². The van der Waals surface area contributed by atoms with Crippen LogP contribution in [0.4, 0.5) is 5.69 Å². The van der Waals surface area contributed by atoms with Crippen molar-refractivity contribution in [2.75, 3.05) is 11.9 Å². The summed E-state index contributed by atoms with van der Waals surface area (Å²) in [4.78, 5) is 40.0. The Morgan fingerprint density at radius 2 is 1.48 bits per heavy atom. The highest BCUT2D eigenvalue weighted by molar-refractivity contribution is 6.42. The molecule has 1 heterocycles. The number of benzene rings is 2. The molecule has 2 aliphatic carbocycles. The third kappa shape index (κ3) is 5.81. The van der Waals surface area contributed by atoms with Crippen molar-refractivity contribution < 1.29 is 23.9 Å². The van der Waals surface area contributed by atoms with E-state index in [9.17, 15) is 14.4 Å². The number of carbonyl (C=O) groups is 3. The first kappa shape index (κ1) is 28.7. The summed E-state index contributed by atoms with van der Waals surface area (Å²) in [5.74, 6) is 0.300. The van der Waals surface area contributed by atoms with Crippen LogP contribution < -0.4 is 10.1 Å². The molecule has 0 aromatic heterocycles. The van der Waals surface area contributed by atoms with Crippen LogP contribution >= 0.6 is 34.8 Å². The standard InChI is InChI=1S/C31H30Cl3NO5/c1-30(2)11-21(36)28-24(13-30)40-25-14-31(3,4)12-22(37)29(25)27(28)18-9-16(32)5-8-23(18)39-15-26(38)35-17-6-7-19(33)20(34)10-17/h5-10,27H,11-15H2,1-4H3,(H,35,38). The minimum absolute atomic E-state index is 0.0660. The largest absolute Gasteiger partial charge is 0.483 e. The number of Topliss-reactive ketones (excluding diaryl/α,β-unsaturated/α-hetero) is 2. The van der Waals surface area contributed by atoms with E-state index in [-0.39, 0.29) is 29.0 Å². The number of amides is 1. The van der Waals surface area contributed by atoms with Gasteiger partial charge in [0.05, 0.1) is 16.0 Å². The fraction of sp³-hybridized carbons (Fsp3) is 0.387. The maximum Gasteiger partial charge on any atom is 0.262 e. The SMILES string of the molecule is CC1(C)CC(=O)C2=C(C1)OC1=C(C(=O)CC(C)(C)C1)C2c1cc(Cl)ccc1OCC(=O)Nc1ccc(Cl)c(Cl)c1. The van der Waals surface area contributed by atoms with Crippen LogP contribution in [0, 0.1) is 10.8 Å². The predicted octanol–water partition coefficient (Wildman–Crippen LogP) is 8.06. The molecule has 0 bridgehead atoms. The molecule has 5 rings (SSSR count). The van der Waals surface area contributed by atoms with Crippen molar-refractivity contribution in [3.05, 3.63) is 79.7 Å². The van der Waals surface area contributed by atoms with Gasteiger partial charge in [0.25, 0.3) is 5.91 Å². The van der Waals surface area contributed by atoms with Crippen LogP contribution in [0.25, 0.3) is 0 Å². The van der Waals surface area contributed by atoms with Gasteiger partial charge < -0.3 is 14.8 Å². The van der Waals surface area contributed by atoms with Gasteiger partial charge in [-0.05, 0) is 47.2 Å². The number of hydrogen-bond acceptors (Lipinski definition) is 5. The number of ketones is 2. The van der Waals surface area contributed by atoms with Gasteiger partial charge in [-0.2, -0.15) is 0 Å². The van der Waals surface area contributed by atoms with E-state index in [1.807, 2.05) is 27.7 Å². The molecular weight excluding hydrogens is 573 g/mol. The number of nitrogens with one attached hydrogen (secondary N) is 1. The molecule has 2 aromatic carbocycles. The number of carbonyl (C=O) groups excluding carboxylic acids is 3. The highest BCUT2D eigenvalue weighted by atomic mass is 35.5. The van der Waals surface area contributed by atoms with Crippen molar-refractivity contribution in [3.8, 4) is 5.75 Å². The number of rotatable bonds is 5. The Hall–Kier alpha value is -2.80. The highest BCUT2D eigenvalue weighted by Crippen LogP contribution is 2.54. The van der Waals surface area contributed by atoms with Crippen LogP contribution in [0.2, 0.25) is 15.1 Å². The number of allylic oxidation sites excluding steroid dienone is 4. The van der Waals surface area contributed by atoms with Gasteiger partial charge in [-0.15, -0.1) is 0 Å². The Kier molecular flexibility index (Phi) is 7.58. The van der Waals surface area contributed by atoms with Crippen LogP contribution in [0.1, 0.15) is 64.9 Å². The zero-order valence-electron chi connectivity index (χ0n) is 22.8. The second-order valence-electron chi connectivity index (χ2n) is 12.2. The predicted molar refractivity (Wildman–Crippen MR) is 156 cm³/mol. The van der Waals surface area contributed by atoms with E-state index in [1.165, 1.54) is 0 Å². The van der Waals surface area contributed by atoms with Gasteiger partial charge in [0.2, 0.25) is 0 Å². The first-order valence-electron chi connectivity index (χ1n) is 13.1. The average molecular weight is 603 g/mol. The second kappa shape index (κ2) is 10.6. The lowest BCUT2D eigenvalue weighted by molar-refractivity contribution is -0.121. The maximum absolute atomic E-state index is 13.6. The Morgan fingerprint density at radius 3 is 2.05 bits per heavy atom. The van der Waals surface area contributed by atoms with Gasteiger partial charge in [0.1, 0.15) is 17.3 Å². The average Bonchev–Trinajstić information content (AvgIpc) is 2.82. The molecule has 1 aliphatic heterocycles. The van der Waals surface area contributed by atoms with Gasteiger partial charge in [0, 0.05) is 53.1 Å². The third-order valence-corrected chi connectivity index (χ3v) is 8.40. The summed E-state index contributed by atoms with van der Waals surface area (Å²) in [7, 11) is 0. The van der Waals surface area contributed by atoms with E-state index >= 15 is 0 Å². The summed E-state index contributed by atoms with van der Waals surface area (Å²) < 4.78 is 12.4. The van der Waals surface area contributed by atoms with Crippen LogP contribution in [-0.4, -0.2) is 24.1 Å². The molecule has 0 spiro atoms.